The van der Waals surface area contributed by atoms with E-state index in [-0.39, 0.29) is 37.4 Å². The van der Waals surface area contributed by atoms with Gasteiger partial charge in [-0.2, -0.15) is 0 Å². The molecule has 3 aliphatic rings. The number of rotatable bonds is 13. The zero-order chi connectivity index (χ0) is 29.9. The van der Waals surface area contributed by atoms with Crippen LogP contribution in [0.3, 0.4) is 0 Å². The zero-order valence-corrected chi connectivity index (χ0v) is 24.5. The van der Waals surface area contributed by atoms with Crippen molar-refractivity contribution in [3.05, 3.63) is 84.9 Å². The van der Waals surface area contributed by atoms with Gasteiger partial charge in [0.2, 0.25) is 11.8 Å². The predicted molar refractivity (Wildman–Crippen MR) is 163 cm³/mol. The van der Waals surface area contributed by atoms with Gasteiger partial charge >= 0.3 is 0 Å². The van der Waals surface area contributed by atoms with Gasteiger partial charge in [-0.05, 0) is 68.5 Å². The van der Waals surface area contributed by atoms with E-state index in [1.54, 1.807) is 51.1 Å². The van der Waals surface area contributed by atoms with E-state index in [4.69, 9.17) is 16.3 Å². The molecule has 2 unspecified atom stereocenters. The van der Waals surface area contributed by atoms with Gasteiger partial charge in [-0.25, -0.2) is 0 Å². The second kappa shape index (κ2) is 12.8. The van der Waals surface area contributed by atoms with E-state index in [1.165, 1.54) is 0 Å². The van der Waals surface area contributed by atoms with E-state index in [2.05, 4.69) is 13.2 Å². The molecule has 42 heavy (non-hydrogen) atoms. The number of halogens is 1. The molecular formula is C33H38ClN3O5. The summed E-state index contributed by atoms with van der Waals surface area (Å²) in [5, 5.41) is 9.85. The number of aliphatic hydroxyl groups is 1. The third-order valence-corrected chi connectivity index (χ3v) is 8.99. The Labute approximate surface area is 252 Å². The van der Waals surface area contributed by atoms with Gasteiger partial charge in [0.25, 0.3) is 5.91 Å². The number of unbranched alkanes of at least 4 members (excludes halogenated alkanes) is 2. The molecule has 3 heterocycles. The van der Waals surface area contributed by atoms with Gasteiger partial charge in [-0.1, -0.05) is 42.0 Å². The molecule has 0 radical (unpaired) electrons. The number of carbonyl (C=O) groups is 3. The highest BCUT2D eigenvalue weighted by Gasteiger charge is 2.74. The highest BCUT2D eigenvalue weighted by molar-refractivity contribution is 6.30. The van der Waals surface area contributed by atoms with Crippen molar-refractivity contribution in [2.75, 3.05) is 36.0 Å². The number of nitrogens with zero attached hydrogens (tertiary/aromatic N) is 3. The number of hydrogen-bond acceptors (Lipinski definition) is 5. The fourth-order valence-electron chi connectivity index (χ4n) is 6.99. The first-order chi connectivity index (χ1) is 20.4. The minimum Gasteiger partial charge on any atom is -0.396 e. The lowest BCUT2D eigenvalue weighted by atomic mass is 9.70. The van der Waals surface area contributed by atoms with Gasteiger partial charge in [0.15, 0.2) is 0 Å². The molecule has 0 saturated carbocycles. The Morgan fingerprint density at radius 2 is 1.62 bits per heavy atom. The van der Waals surface area contributed by atoms with Crippen LogP contribution in [-0.4, -0.2) is 71.7 Å². The lowest BCUT2D eigenvalue weighted by Crippen LogP contribution is -2.56. The maximum Gasteiger partial charge on any atom is 0.253 e. The molecule has 3 fully saturated rings. The number of hydrogen-bond donors (Lipinski definition) is 1. The van der Waals surface area contributed by atoms with E-state index >= 15 is 0 Å². The summed E-state index contributed by atoms with van der Waals surface area (Å²) in [6.07, 6.45) is 5.89. The second-order valence-corrected chi connectivity index (χ2v) is 11.6. The van der Waals surface area contributed by atoms with Gasteiger partial charge in [-0.3, -0.25) is 14.4 Å². The number of benzene rings is 2. The van der Waals surface area contributed by atoms with E-state index in [0.29, 0.717) is 49.4 Å². The number of para-hydroxylation sites is 1. The van der Waals surface area contributed by atoms with Crippen molar-refractivity contribution in [2.45, 2.75) is 49.9 Å². The number of amides is 3. The van der Waals surface area contributed by atoms with Crippen LogP contribution in [0.1, 0.15) is 32.1 Å². The van der Waals surface area contributed by atoms with Crippen LogP contribution in [0.5, 0.6) is 0 Å². The highest BCUT2D eigenvalue weighted by Crippen LogP contribution is 2.59. The first-order valence-corrected chi connectivity index (χ1v) is 15.0. The lowest BCUT2D eigenvalue weighted by molar-refractivity contribution is -0.140. The summed E-state index contributed by atoms with van der Waals surface area (Å²) in [5.41, 5.74) is 0.245. The van der Waals surface area contributed by atoms with Crippen molar-refractivity contribution < 1.29 is 24.2 Å². The number of carbonyl (C=O) groups excluding carboxylic acids is 3. The molecule has 1 N–H and O–H groups in total. The van der Waals surface area contributed by atoms with Crippen LogP contribution in [-0.2, 0) is 19.1 Å². The minimum atomic E-state index is -1.11. The summed E-state index contributed by atoms with van der Waals surface area (Å²) in [4.78, 5) is 48.1. The number of aliphatic hydroxyl groups excluding tert-OH is 1. The summed E-state index contributed by atoms with van der Waals surface area (Å²) in [7, 11) is 0. The largest absolute Gasteiger partial charge is 0.396 e. The molecular weight excluding hydrogens is 554 g/mol. The molecule has 3 amide bonds. The lowest BCUT2D eigenvalue weighted by Gasteiger charge is -2.37. The van der Waals surface area contributed by atoms with Crippen LogP contribution in [0.2, 0.25) is 5.02 Å². The number of ether oxygens (including phenoxy) is 1. The molecule has 5 atom stereocenters. The molecule has 222 valence electrons. The SMILES string of the molecule is C=CCN(C(=O)C1N(CCCCCO)C(=O)[C@@H]2[C@H](C(=O)N(CC=C)c3ccccc3)[C@@H]3CCC12O3)c1ccc(Cl)cc1. The average Bonchev–Trinajstić information content (AvgIpc) is 3.64. The van der Waals surface area contributed by atoms with Gasteiger partial charge in [0.05, 0.1) is 17.9 Å². The standard InChI is InChI=1S/C33H38ClN3O5/c1-3-19-35(24-11-7-5-8-12-24)30(39)27-26-17-18-33(42-26)28(27)31(40)37(21-9-6-10-22-38)29(33)32(41)36(20-4-2)25-15-13-23(34)14-16-25/h3-5,7-8,11-16,26-29,38H,1-2,6,9-10,17-22H2/t26-,27+,28-,29?,33?/m0/s1. The monoisotopic (exact) mass is 591 g/mol. The van der Waals surface area contributed by atoms with E-state index in [0.717, 1.165) is 5.69 Å². The number of likely N-dealkylation sites (tertiary alicyclic amines) is 1. The predicted octanol–water partition coefficient (Wildman–Crippen LogP) is 4.62. The van der Waals surface area contributed by atoms with Crippen LogP contribution < -0.4 is 9.80 Å². The smallest absolute Gasteiger partial charge is 0.253 e. The Morgan fingerprint density at radius 3 is 2.26 bits per heavy atom. The Balaban J connectivity index is 1.53. The summed E-state index contributed by atoms with van der Waals surface area (Å²) < 4.78 is 6.66. The molecule has 3 aliphatic heterocycles. The van der Waals surface area contributed by atoms with Crippen LogP contribution in [0.4, 0.5) is 11.4 Å². The highest BCUT2D eigenvalue weighted by atomic mass is 35.5. The number of anilines is 2. The molecule has 0 aliphatic carbocycles. The fraction of sp³-hybridized carbons (Fsp3) is 0.424. The Kier molecular flexibility index (Phi) is 9.16. The molecule has 8 nitrogen and oxygen atoms in total. The van der Waals surface area contributed by atoms with Gasteiger partial charge in [-0.15, -0.1) is 13.2 Å². The number of fused-ring (bicyclic) bond motifs is 1. The topological polar surface area (TPSA) is 90.4 Å². The molecule has 2 bridgehead atoms. The molecule has 3 saturated heterocycles. The zero-order valence-electron chi connectivity index (χ0n) is 23.7. The summed E-state index contributed by atoms with van der Waals surface area (Å²) >= 11 is 6.13. The van der Waals surface area contributed by atoms with Crippen LogP contribution in [0.25, 0.3) is 0 Å². The normalized spacial score (nSPS) is 25.8. The van der Waals surface area contributed by atoms with E-state index < -0.39 is 29.6 Å². The molecule has 9 heteroatoms. The Bertz CT molecular complexity index is 1320. The molecule has 5 rings (SSSR count). The van der Waals surface area contributed by atoms with Crippen molar-refractivity contribution in [3.8, 4) is 0 Å². The Hall–Kier alpha value is -3.46. The first-order valence-electron chi connectivity index (χ1n) is 14.6. The van der Waals surface area contributed by atoms with E-state index in [1.807, 2.05) is 30.3 Å². The fourth-order valence-corrected chi connectivity index (χ4v) is 7.11. The maximum absolute atomic E-state index is 14.5. The van der Waals surface area contributed by atoms with Gasteiger partial charge < -0.3 is 24.5 Å². The third-order valence-electron chi connectivity index (χ3n) is 8.74. The molecule has 2 aromatic carbocycles. The summed E-state index contributed by atoms with van der Waals surface area (Å²) in [5.74, 6) is -2.18. The van der Waals surface area contributed by atoms with Gasteiger partial charge in [0.1, 0.15) is 11.6 Å². The van der Waals surface area contributed by atoms with Crippen LogP contribution in [0, 0.1) is 11.8 Å². The second-order valence-electron chi connectivity index (χ2n) is 11.2. The van der Waals surface area contributed by atoms with Crippen LogP contribution in [0.15, 0.2) is 79.9 Å². The van der Waals surface area contributed by atoms with Crippen molar-refractivity contribution in [1.82, 2.24) is 4.90 Å². The van der Waals surface area contributed by atoms with Gasteiger partial charge in [0, 0.05) is 42.6 Å². The van der Waals surface area contributed by atoms with Crippen LogP contribution >= 0.6 is 11.6 Å². The van der Waals surface area contributed by atoms with Crippen molar-refractivity contribution in [1.29, 1.82) is 0 Å². The minimum absolute atomic E-state index is 0.0620. The first kappa shape index (κ1) is 30.0. The quantitative estimate of drug-likeness (QED) is 0.271. The van der Waals surface area contributed by atoms with Crippen molar-refractivity contribution in [2.24, 2.45) is 11.8 Å². The molecule has 1 spiro atoms. The van der Waals surface area contributed by atoms with E-state index in [9.17, 15) is 19.5 Å². The third kappa shape index (κ3) is 5.27. The molecule has 2 aromatic rings. The summed E-state index contributed by atoms with van der Waals surface area (Å²) in [6.45, 7) is 8.62. The van der Waals surface area contributed by atoms with Crippen molar-refractivity contribution in [3.63, 3.8) is 0 Å². The van der Waals surface area contributed by atoms with Crippen molar-refractivity contribution >= 4 is 40.7 Å². The summed E-state index contributed by atoms with van der Waals surface area (Å²) in [6, 6.07) is 15.4. The molecule has 0 aromatic heterocycles. The average molecular weight is 592 g/mol. The Morgan fingerprint density at radius 1 is 0.976 bits per heavy atom. The maximum atomic E-state index is 14.5.